The van der Waals surface area contributed by atoms with E-state index in [2.05, 4.69) is 58.3 Å². The minimum atomic E-state index is -0.271. The summed E-state index contributed by atoms with van der Waals surface area (Å²) in [6.07, 6.45) is 1.76. The zero-order valence-corrected chi connectivity index (χ0v) is 18.2. The first-order chi connectivity index (χ1) is 15.1. The van der Waals surface area contributed by atoms with Crippen LogP contribution in [0.4, 0.5) is 11.5 Å². The minimum Gasteiger partial charge on any atom is -0.505 e. The van der Waals surface area contributed by atoms with Gasteiger partial charge in [-0.15, -0.1) is 0 Å². The summed E-state index contributed by atoms with van der Waals surface area (Å²) in [4.78, 5) is 11.3. The summed E-state index contributed by atoms with van der Waals surface area (Å²) < 4.78 is 0. The topological polar surface area (TPSA) is 61.3 Å². The Morgan fingerprint density at radius 2 is 1.68 bits per heavy atom. The van der Waals surface area contributed by atoms with Gasteiger partial charge in [-0.05, 0) is 56.7 Å². The molecule has 1 atom stereocenters. The molecule has 5 heteroatoms. The second-order valence-electron chi connectivity index (χ2n) is 7.58. The van der Waals surface area contributed by atoms with Gasteiger partial charge in [0.05, 0.1) is 6.04 Å². The van der Waals surface area contributed by atoms with Crippen molar-refractivity contribution in [2.75, 3.05) is 23.3 Å². The third kappa shape index (κ3) is 4.31. The van der Waals surface area contributed by atoms with Gasteiger partial charge in [0, 0.05) is 41.6 Å². The van der Waals surface area contributed by atoms with E-state index in [1.807, 2.05) is 49.4 Å². The minimum absolute atomic E-state index is 0.197. The molecule has 4 rings (SSSR count). The van der Waals surface area contributed by atoms with Crippen molar-refractivity contribution < 1.29 is 5.11 Å². The van der Waals surface area contributed by atoms with Crippen molar-refractivity contribution in [1.29, 1.82) is 0 Å². The number of aromatic hydroxyl groups is 1. The van der Waals surface area contributed by atoms with Crippen LogP contribution in [0, 0.1) is 6.92 Å². The number of aromatic nitrogens is 2. The molecule has 158 valence electrons. The molecule has 0 fully saturated rings. The number of hydrogen-bond donors (Lipinski definition) is 2. The summed E-state index contributed by atoms with van der Waals surface area (Å²) in [7, 11) is 0. The normalized spacial score (nSPS) is 12.0. The monoisotopic (exact) mass is 412 g/mol. The molecule has 4 aromatic rings. The fourth-order valence-corrected chi connectivity index (χ4v) is 3.92. The number of anilines is 2. The Balaban J connectivity index is 1.80. The van der Waals surface area contributed by atoms with Gasteiger partial charge >= 0.3 is 0 Å². The van der Waals surface area contributed by atoms with Crippen molar-refractivity contribution in [3.8, 4) is 5.75 Å². The summed E-state index contributed by atoms with van der Waals surface area (Å²) in [5.74, 6) is 0.944. The lowest BCUT2D eigenvalue weighted by Gasteiger charge is -2.24. The SMILES string of the molecule is CCN(CC)c1ccc([C@@H](Nc2ccccn2)c2ccc3ccc(C)nc3c2O)cc1. The van der Waals surface area contributed by atoms with Gasteiger partial charge in [-0.25, -0.2) is 9.97 Å². The summed E-state index contributed by atoms with van der Waals surface area (Å²) in [5.41, 5.74) is 4.49. The molecule has 0 unspecified atom stereocenters. The zero-order valence-electron chi connectivity index (χ0n) is 18.2. The van der Waals surface area contributed by atoms with Gasteiger partial charge < -0.3 is 15.3 Å². The number of rotatable bonds is 7. The van der Waals surface area contributed by atoms with Gasteiger partial charge in [0.25, 0.3) is 0 Å². The van der Waals surface area contributed by atoms with Crippen LogP contribution in [0.15, 0.2) is 72.9 Å². The number of nitrogens with one attached hydrogen (secondary N) is 1. The molecule has 0 spiro atoms. The molecule has 5 nitrogen and oxygen atoms in total. The lowest BCUT2D eigenvalue weighted by Crippen LogP contribution is -2.21. The fourth-order valence-electron chi connectivity index (χ4n) is 3.92. The first kappa shape index (κ1) is 20.7. The Bertz CT molecular complexity index is 1160. The molecule has 0 aliphatic heterocycles. The first-order valence-corrected chi connectivity index (χ1v) is 10.7. The van der Waals surface area contributed by atoms with Crippen molar-refractivity contribution in [3.05, 3.63) is 89.7 Å². The second kappa shape index (κ2) is 9.04. The maximum Gasteiger partial charge on any atom is 0.147 e. The molecular weight excluding hydrogens is 384 g/mol. The Hall–Kier alpha value is -3.60. The van der Waals surface area contributed by atoms with E-state index in [0.29, 0.717) is 5.52 Å². The number of fused-ring (bicyclic) bond motifs is 1. The van der Waals surface area contributed by atoms with Crippen molar-refractivity contribution in [3.63, 3.8) is 0 Å². The lowest BCUT2D eigenvalue weighted by atomic mass is 9.95. The van der Waals surface area contributed by atoms with Gasteiger partial charge in [-0.3, -0.25) is 0 Å². The molecule has 2 N–H and O–H groups in total. The van der Waals surface area contributed by atoms with Crippen LogP contribution in [0.3, 0.4) is 0 Å². The highest BCUT2D eigenvalue weighted by Crippen LogP contribution is 2.36. The van der Waals surface area contributed by atoms with Crippen LogP contribution in [0.2, 0.25) is 0 Å². The van der Waals surface area contributed by atoms with Crippen LogP contribution in [0.25, 0.3) is 10.9 Å². The van der Waals surface area contributed by atoms with Gasteiger partial charge in [0.15, 0.2) is 0 Å². The predicted octanol–water partition coefficient (Wildman–Crippen LogP) is 5.69. The quantitative estimate of drug-likeness (QED) is 0.408. The maximum absolute atomic E-state index is 11.2. The van der Waals surface area contributed by atoms with Crippen LogP contribution in [-0.2, 0) is 0 Å². The number of aryl methyl sites for hydroxylation is 1. The van der Waals surface area contributed by atoms with Gasteiger partial charge in [-0.2, -0.15) is 0 Å². The van der Waals surface area contributed by atoms with Gasteiger partial charge in [-0.1, -0.05) is 36.4 Å². The second-order valence-corrected chi connectivity index (χ2v) is 7.58. The first-order valence-electron chi connectivity index (χ1n) is 10.7. The van der Waals surface area contributed by atoms with E-state index in [9.17, 15) is 5.11 Å². The smallest absolute Gasteiger partial charge is 0.147 e. The number of hydrogen-bond acceptors (Lipinski definition) is 5. The largest absolute Gasteiger partial charge is 0.505 e. The summed E-state index contributed by atoms with van der Waals surface area (Å²) in [6, 6.07) is 21.9. The fraction of sp³-hybridized carbons (Fsp3) is 0.231. The summed E-state index contributed by atoms with van der Waals surface area (Å²) >= 11 is 0. The Kier molecular flexibility index (Phi) is 6.03. The highest BCUT2D eigenvalue weighted by atomic mass is 16.3. The molecule has 0 saturated carbocycles. The van der Waals surface area contributed by atoms with E-state index < -0.39 is 0 Å². The molecule has 0 bridgehead atoms. The number of nitrogens with zero attached hydrogens (tertiary/aromatic N) is 3. The predicted molar refractivity (Wildman–Crippen MR) is 128 cm³/mol. The summed E-state index contributed by atoms with van der Waals surface area (Å²) in [6.45, 7) is 8.17. The van der Waals surface area contributed by atoms with Crippen LogP contribution in [0.5, 0.6) is 5.75 Å². The Morgan fingerprint density at radius 1 is 0.935 bits per heavy atom. The number of benzene rings is 2. The highest BCUT2D eigenvalue weighted by Gasteiger charge is 2.21. The average Bonchev–Trinajstić information content (AvgIpc) is 2.80. The molecule has 2 aromatic heterocycles. The molecule has 0 aliphatic carbocycles. The molecule has 0 saturated heterocycles. The number of pyridine rings is 2. The van der Waals surface area contributed by atoms with Crippen molar-refractivity contribution in [2.45, 2.75) is 26.8 Å². The van der Waals surface area contributed by atoms with E-state index >= 15 is 0 Å². The molecule has 31 heavy (non-hydrogen) atoms. The molecule has 0 amide bonds. The van der Waals surface area contributed by atoms with Crippen LogP contribution in [0.1, 0.15) is 36.7 Å². The van der Waals surface area contributed by atoms with E-state index in [-0.39, 0.29) is 11.8 Å². The van der Waals surface area contributed by atoms with Crippen LogP contribution in [-0.4, -0.2) is 28.2 Å². The summed E-state index contributed by atoms with van der Waals surface area (Å²) in [5, 5.41) is 15.6. The highest BCUT2D eigenvalue weighted by molar-refractivity contribution is 5.86. The van der Waals surface area contributed by atoms with E-state index in [1.165, 1.54) is 5.69 Å². The van der Waals surface area contributed by atoms with Crippen LogP contribution < -0.4 is 10.2 Å². The van der Waals surface area contributed by atoms with Gasteiger partial charge in [0.1, 0.15) is 17.1 Å². The van der Waals surface area contributed by atoms with Crippen molar-refractivity contribution >= 4 is 22.4 Å². The van der Waals surface area contributed by atoms with E-state index in [0.717, 1.165) is 41.1 Å². The third-order valence-electron chi connectivity index (χ3n) is 5.63. The molecule has 0 aliphatic rings. The molecule has 2 heterocycles. The van der Waals surface area contributed by atoms with Crippen molar-refractivity contribution in [1.82, 2.24) is 9.97 Å². The Morgan fingerprint density at radius 3 is 2.35 bits per heavy atom. The molecular formula is C26H28N4O. The molecule has 0 radical (unpaired) electrons. The van der Waals surface area contributed by atoms with E-state index in [4.69, 9.17) is 0 Å². The average molecular weight is 413 g/mol. The van der Waals surface area contributed by atoms with Crippen LogP contribution >= 0.6 is 0 Å². The van der Waals surface area contributed by atoms with Crippen molar-refractivity contribution in [2.24, 2.45) is 0 Å². The maximum atomic E-state index is 11.2. The lowest BCUT2D eigenvalue weighted by molar-refractivity contribution is 0.471. The Labute approximate surface area is 183 Å². The third-order valence-corrected chi connectivity index (χ3v) is 5.63. The number of phenols is 1. The van der Waals surface area contributed by atoms with Gasteiger partial charge in [0.2, 0.25) is 0 Å². The van der Waals surface area contributed by atoms with E-state index in [1.54, 1.807) is 6.20 Å². The standard InChI is InChI=1S/C26H28N4O/c1-4-30(5-2)21-14-11-19(12-15-21)24(29-23-8-6-7-17-27-23)22-16-13-20-10-9-18(3)28-25(20)26(22)31/h6-17,24,31H,4-5H2,1-3H3,(H,27,29)/t24-/m1/s1. The molecule has 2 aromatic carbocycles. The number of phenolic OH excluding ortho intramolecular Hbond substituents is 1. The zero-order chi connectivity index (χ0) is 21.8.